The van der Waals surface area contributed by atoms with Crippen LogP contribution in [0, 0.1) is 0 Å². The monoisotopic (exact) mass is 375 g/mol. The average molecular weight is 376 g/mol. The third-order valence-corrected chi connectivity index (χ3v) is 6.09. The zero-order valence-corrected chi connectivity index (χ0v) is 16.5. The van der Waals surface area contributed by atoms with Gasteiger partial charge in [-0.05, 0) is 63.6 Å². The standard InChI is InChI=1S/C20H29N3O2S/c1-3-25-14-8-11-21-20(24)22-15(2)18-16-9-4-5-10-17(16)26-19(18)23-12-6-7-13-23/h6-7,12-13,15H,3-5,8-11,14H2,1-2H3,(H2,21,22,24)/t15-/m1/s1. The number of thiophene rings is 1. The maximum Gasteiger partial charge on any atom is 0.315 e. The maximum atomic E-state index is 12.3. The summed E-state index contributed by atoms with van der Waals surface area (Å²) in [6.07, 6.45) is 9.77. The van der Waals surface area contributed by atoms with E-state index in [1.54, 1.807) is 0 Å². The molecule has 6 heteroatoms. The number of nitrogens with one attached hydrogen (secondary N) is 2. The summed E-state index contributed by atoms with van der Waals surface area (Å²) in [5.41, 5.74) is 2.74. The lowest BCUT2D eigenvalue weighted by atomic mass is 9.93. The molecule has 2 N–H and O–H groups in total. The highest BCUT2D eigenvalue weighted by molar-refractivity contribution is 7.15. The van der Waals surface area contributed by atoms with Crippen LogP contribution in [-0.2, 0) is 17.6 Å². The number of urea groups is 1. The summed E-state index contributed by atoms with van der Waals surface area (Å²) in [4.78, 5) is 13.8. The highest BCUT2D eigenvalue weighted by Gasteiger charge is 2.25. The summed E-state index contributed by atoms with van der Waals surface area (Å²) >= 11 is 1.88. The van der Waals surface area contributed by atoms with Crippen LogP contribution in [0.4, 0.5) is 4.79 Å². The van der Waals surface area contributed by atoms with E-state index >= 15 is 0 Å². The molecule has 0 unspecified atom stereocenters. The molecule has 2 amide bonds. The van der Waals surface area contributed by atoms with Gasteiger partial charge in [-0.3, -0.25) is 0 Å². The van der Waals surface area contributed by atoms with E-state index in [9.17, 15) is 4.79 Å². The summed E-state index contributed by atoms with van der Waals surface area (Å²) in [6.45, 7) is 6.09. The molecule has 0 fully saturated rings. The Bertz CT molecular complexity index is 709. The first-order valence-electron chi connectivity index (χ1n) is 9.60. The van der Waals surface area contributed by atoms with E-state index in [2.05, 4.69) is 34.5 Å². The van der Waals surface area contributed by atoms with Gasteiger partial charge in [0, 0.05) is 42.6 Å². The Balaban J connectivity index is 1.69. The number of hydrogen-bond acceptors (Lipinski definition) is 3. The minimum Gasteiger partial charge on any atom is -0.382 e. The molecule has 2 heterocycles. The smallest absolute Gasteiger partial charge is 0.315 e. The van der Waals surface area contributed by atoms with Gasteiger partial charge in [0.1, 0.15) is 5.00 Å². The molecule has 142 valence electrons. The molecule has 1 aliphatic carbocycles. The molecule has 0 saturated carbocycles. The number of hydrogen-bond donors (Lipinski definition) is 2. The van der Waals surface area contributed by atoms with Crippen molar-refractivity contribution in [2.45, 2.75) is 52.0 Å². The number of aryl methyl sites for hydroxylation is 1. The lowest BCUT2D eigenvalue weighted by molar-refractivity contribution is 0.145. The van der Waals surface area contributed by atoms with Crippen molar-refractivity contribution in [1.29, 1.82) is 0 Å². The summed E-state index contributed by atoms with van der Waals surface area (Å²) in [5, 5.41) is 7.31. The number of ether oxygens (including phenoxy) is 1. The Labute approximate surface area is 159 Å². The highest BCUT2D eigenvalue weighted by atomic mass is 32.1. The van der Waals surface area contributed by atoms with Crippen molar-refractivity contribution in [2.24, 2.45) is 0 Å². The minimum atomic E-state index is -0.108. The van der Waals surface area contributed by atoms with E-state index in [4.69, 9.17) is 4.74 Å². The molecule has 0 aromatic carbocycles. The van der Waals surface area contributed by atoms with E-state index < -0.39 is 0 Å². The summed E-state index contributed by atoms with van der Waals surface area (Å²) < 4.78 is 7.48. The van der Waals surface area contributed by atoms with Crippen molar-refractivity contribution in [3.05, 3.63) is 40.5 Å². The maximum absolute atomic E-state index is 12.3. The Morgan fingerprint density at radius 3 is 2.85 bits per heavy atom. The molecular formula is C20H29N3O2S. The van der Waals surface area contributed by atoms with Gasteiger partial charge in [0.05, 0.1) is 6.04 Å². The van der Waals surface area contributed by atoms with Crippen molar-refractivity contribution in [3.8, 4) is 5.00 Å². The largest absolute Gasteiger partial charge is 0.382 e. The van der Waals surface area contributed by atoms with E-state index in [-0.39, 0.29) is 12.1 Å². The molecule has 0 spiro atoms. The minimum absolute atomic E-state index is 0.0163. The number of carbonyl (C=O) groups is 1. The van der Waals surface area contributed by atoms with E-state index in [0.717, 1.165) is 19.3 Å². The fraction of sp³-hybridized carbons (Fsp3) is 0.550. The van der Waals surface area contributed by atoms with Crippen LogP contribution in [0.15, 0.2) is 24.5 Å². The van der Waals surface area contributed by atoms with Gasteiger partial charge in [0.15, 0.2) is 0 Å². The number of carbonyl (C=O) groups excluding carboxylic acids is 1. The molecule has 0 radical (unpaired) electrons. The third kappa shape index (κ3) is 4.48. The molecule has 3 rings (SSSR count). The molecule has 5 nitrogen and oxygen atoms in total. The molecule has 0 bridgehead atoms. The first kappa shape index (κ1) is 19.0. The van der Waals surface area contributed by atoms with Crippen LogP contribution in [0.1, 0.15) is 55.2 Å². The first-order valence-corrected chi connectivity index (χ1v) is 10.4. The van der Waals surface area contributed by atoms with Crippen molar-refractivity contribution >= 4 is 17.4 Å². The molecule has 1 atom stereocenters. The normalized spacial score (nSPS) is 14.7. The van der Waals surface area contributed by atoms with Crippen LogP contribution in [0.25, 0.3) is 5.00 Å². The van der Waals surface area contributed by atoms with Crippen molar-refractivity contribution in [3.63, 3.8) is 0 Å². The Hall–Kier alpha value is -1.79. The van der Waals surface area contributed by atoms with E-state index in [0.29, 0.717) is 19.8 Å². The van der Waals surface area contributed by atoms with E-state index in [1.807, 2.05) is 30.4 Å². The van der Waals surface area contributed by atoms with Gasteiger partial charge >= 0.3 is 6.03 Å². The number of fused-ring (bicyclic) bond motifs is 1. The van der Waals surface area contributed by atoms with E-state index in [1.165, 1.54) is 33.8 Å². The molecule has 0 aliphatic heterocycles. The van der Waals surface area contributed by atoms with Crippen LogP contribution < -0.4 is 10.6 Å². The van der Waals surface area contributed by atoms with Crippen molar-refractivity contribution in [2.75, 3.05) is 19.8 Å². The van der Waals surface area contributed by atoms with Crippen LogP contribution in [-0.4, -0.2) is 30.4 Å². The summed E-state index contributed by atoms with van der Waals surface area (Å²) in [5.74, 6) is 0. The molecule has 2 aromatic rings. The van der Waals surface area contributed by atoms with Gasteiger partial charge in [0.2, 0.25) is 0 Å². The number of amides is 2. The van der Waals surface area contributed by atoms with Gasteiger partial charge in [-0.15, -0.1) is 11.3 Å². The van der Waals surface area contributed by atoms with Gasteiger partial charge in [0.25, 0.3) is 0 Å². The SMILES string of the molecule is CCOCCCNC(=O)N[C@H](C)c1c(-n2cccc2)sc2c1CCCC2. The fourth-order valence-electron chi connectivity index (χ4n) is 3.52. The van der Waals surface area contributed by atoms with Crippen molar-refractivity contribution < 1.29 is 9.53 Å². The quantitative estimate of drug-likeness (QED) is 0.679. The second kappa shape index (κ2) is 9.24. The predicted molar refractivity (Wildman–Crippen MR) is 106 cm³/mol. The van der Waals surface area contributed by atoms with Gasteiger partial charge < -0.3 is 19.9 Å². The zero-order chi connectivity index (χ0) is 18.4. The number of rotatable bonds is 8. The molecule has 26 heavy (non-hydrogen) atoms. The van der Waals surface area contributed by atoms with Gasteiger partial charge in [-0.25, -0.2) is 4.79 Å². The predicted octanol–water partition coefficient (Wildman–Crippen LogP) is 4.20. The molecule has 0 saturated heterocycles. The zero-order valence-electron chi connectivity index (χ0n) is 15.7. The third-order valence-electron chi connectivity index (χ3n) is 4.77. The Morgan fingerprint density at radius 1 is 1.31 bits per heavy atom. The first-order chi connectivity index (χ1) is 12.7. The second-order valence-corrected chi connectivity index (χ2v) is 7.78. The average Bonchev–Trinajstić information content (AvgIpc) is 3.28. The van der Waals surface area contributed by atoms with Crippen LogP contribution in [0.3, 0.4) is 0 Å². The van der Waals surface area contributed by atoms with Crippen molar-refractivity contribution in [1.82, 2.24) is 15.2 Å². The summed E-state index contributed by atoms with van der Waals surface area (Å²) in [7, 11) is 0. The second-order valence-electron chi connectivity index (χ2n) is 6.69. The van der Waals surface area contributed by atoms with Gasteiger partial charge in [-0.2, -0.15) is 0 Å². The topological polar surface area (TPSA) is 55.3 Å². The molecule has 2 aromatic heterocycles. The van der Waals surface area contributed by atoms with Crippen LogP contribution in [0.2, 0.25) is 0 Å². The number of aromatic nitrogens is 1. The van der Waals surface area contributed by atoms with Crippen LogP contribution in [0.5, 0.6) is 0 Å². The van der Waals surface area contributed by atoms with Gasteiger partial charge in [-0.1, -0.05) is 0 Å². The highest BCUT2D eigenvalue weighted by Crippen LogP contribution is 2.40. The molecular weight excluding hydrogens is 346 g/mol. The fourth-order valence-corrected chi connectivity index (χ4v) is 4.98. The number of nitrogens with zero attached hydrogens (tertiary/aromatic N) is 1. The van der Waals surface area contributed by atoms with Crippen LogP contribution >= 0.6 is 11.3 Å². The lowest BCUT2D eigenvalue weighted by Gasteiger charge is -2.20. The molecule has 1 aliphatic rings. The Morgan fingerprint density at radius 2 is 2.08 bits per heavy atom. The lowest BCUT2D eigenvalue weighted by Crippen LogP contribution is -2.38. The summed E-state index contributed by atoms with van der Waals surface area (Å²) in [6, 6.07) is 3.97. The Kier molecular flexibility index (Phi) is 6.74.